The zero-order valence-electron chi connectivity index (χ0n) is 12.4. The van der Waals surface area contributed by atoms with E-state index < -0.39 is 0 Å². The number of hydrogen-bond acceptors (Lipinski definition) is 4. The van der Waals surface area contributed by atoms with Crippen LogP contribution in [0.1, 0.15) is 32.3 Å². The zero-order chi connectivity index (χ0) is 15.0. The standard InChI is InChI=1S/C15H24BrNO3/c1-4-8-20-15-12(9-17-11(5-2)10-18)13(16)6-7-14(15)19-3/h6-7,11,17-18H,4-5,8-10H2,1-3H3. The average Bonchev–Trinajstić information content (AvgIpc) is 2.47. The highest BCUT2D eigenvalue weighted by molar-refractivity contribution is 9.10. The molecular weight excluding hydrogens is 322 g/mol. The Balaban J connectivity index is 2.95. The van der Waals surface area contributed by atoms with Gasteiger partial charge in [-0.1, -0.05) is 29.8 Å². The quantitative estimate of drug-likeness (QED) is 0.721. The highest BCUT2D eigenvalue weighted by Gasteiger charge is 2.15. The van der Waals surface area contributed by atoms with Crippen molar-refractivity contribution >= 4 is 15.9 Å². The molecule has 0 aliphatic heterocycles. The Morgan fingerprint density at radius 3 is 2.65 bits per heavy atom. The van der Waals surface area contributed by atoms with Gasteiger partial charge in [0, 0.05) is 22.6 Å². The molecule has 0 fully saturated rings. The number of aliphatic hydroxyl groups is 1. The molecule has 0 aromatic heterocycles. The molecule has 0 bridgehead atoms. The van der Waals surface area contributed by atoms with E-state index in [0.717, 1.165) is 34.4 Å². The van der Waals surface area contributed by atoms with E-state index in [4.69, 9.17) is 9.47 Å². The monoisotopic (exact) mass is 345 g/mol. The van der Waals surface area contributed by atoms with Crippen molar-refractivity contribution in [3.05, 3.63) is 22.2 Å². The maximum Gasteiger partial charge on any atom is 0.166 e. The lowest BCUT2D eigenvalue weighted by Crippen LogP contribution is -2.31. The summed E-state index contributed by atoms with van der Waals surface area (Å²) in [5.41, 5.74) is 1.02. The van der Waals surface area contributed by atoms with Crippen LogP contribution >= 0.6 is 15.9 Å². The maximum absolute atomic E-state index is 9.25. The minimum Gasteiger partial charge on any atom is -0.493 e. The molecule has 1 atom stereocenters. The van der Waals surface area contributed by atoms with Crippen LogP contribution in [-0.4, -0.2) is 31.5 Å². The van der Waals surface area contributed by atoms with Crippen molar-refractivity contribution in [3.63, 3.8) is 0 Å². The second kappa shape index (κ2) is 9.21. The van der Waals surface area contributed by atoms with Gasteiger partial charge in [0.05, 0.1) is 20.3 Å². The predicted molar refractivity (Wildman–Crippen MR) is 84.5 cm³/mol. The minimum atomic E-state index is 0.0899. The lowest BCUT2D eigenvalue weighted by molar-refractivity contribution is 0.236. The first-order valence-corrected chi connectivity index (χ1v) is 7.79. The Hall–Kier alpha value is -0.780. The van der Waals surface area contributed by atoms with Crippen LogP contribution in [0.15, 0.2) is 16.6 Å². The molecule has 0 spiro atoms. The zero-order valence-corrected chi connectivity index (χ0v) is 14.0. The molecule has 1 unspecified atom stereocenters. The smallest absolute Gasteiger partial charge is 0.166 e. The number of aliphatic hydroxyl groups excluding tert-OH is 1. The molecule has 1 aromatic rings. The fourth-order valence-electron chi connectivity index (χ4n) is 1.85. The van der Waals surface area contributed by atoms with Gasteiger partial charge in [0.25, 0.3) is 0 Å². The number of benzene rings is 1. The van der Waals surface area contributed by atoms with Crippen molar-refractivity contribution < 1.29 is 14.6 Å². The summed E-state index contributed by atoms with van der Waals surface area (Å²) in [6.45, 7) is 5.51. The van der Waals surface area contributed by atoms with Gasteiger partial charge in [-0.05, 0) is 25.0 Å². The molecule has 1 rings (SSSR count). The topological polar surface area (TPSA) is 50.7 Å². The van der Waals surface area contributed by atoms with E-state index in [0.29, 0.717) is 13.2 Å². The van der Waals surface area contributed by atoms with Gasteiger partial charge < -0.3 is 19.9 Å². The van der Waals surface area contributed by atoms with E-state index in [1.807, 2.05) is 19.1 Å². The minimum absolute atomic E-state index is 0.0899. The predicted octanol–water partition coefficient (Wildman–Crippen LogP) is 3.11. The highest BCUT2D eigenvalue weighted by Crippen LogP contribution is 2.36. The molecule has 0 saturated carbocycles. The van der Waals surface area contributed by atoms with Crippen LogP contribution in [0.25, 0.3) is 0 Å². The van der Waals surface area contributed by atoms with E-state index in [1.165, 1.54) is 0 Å². The summed E-state index contributed by atoms with van der Waals surface area (Å²) in [4.78, 5) is 0. The molecule has 2 N–H and O–H groups in total. The Morgan fingerprint density at radius 1 is 1.35 bits per heavy atom. The number of halogens is 1. The Morgan fingerprint density at radius 2 is 2.10 bits per heavy atom. The molecule has 114 valence electrons. The Labute approximate surface area is 129 Å². The Kier molecular flexibility index (Phi) is 7.95. The molecule has 0 heterocycles. The number of nitrogens with one attached hydrogen (secondary N) is 1. The van der Waals surface area contributed by atoms with E-state index in [9.17, 15) is 5.11 Å². The van der Waals surface area contributed by atoms with Crippen molar-refractivity contribution in [2.75, 3.05) is 20.3 Å². The molecule has 0 aliphatic carbocycles. The van der Waals surface area contributed by atoms with Crippen molar-refractivity contribution in [2.24, 2.45) is 0 Å². The first kappa shape index (κ1) is 17.3. The fraction of sp³-hybridized carbons (Fsp3) is 0.600. The molecule has 4 nitrogen and oxygen atoms in total. The van der Waals surface area contributed by atoms with Gasteiger partial charge in [0.15, 0.2) is 11.5 Å². The van der Waals surface area contributed by atoms with Crippen LogP contribution in [0.3, 0.4) is 0 Å². The molecule has 0 amide bonds. The van der Waals surface area contributed by atoms with E-state index in [2.05, 4.69) is 28.2 Å². The van der Waals surface area contributed by atoms with Crippen LogP contribution < -0.4 is 14.8 Å². The van der Waals surface area contributed by atoms with Crippen LogP contribution in [0, 0.1) is 0 Å². The third kappa shape index (κ3) is 4.65. The van der Waals surface area contributed by atoms with Crippen LogP contribution in [-0.2, 0) is 6.54 Å². The first-order chi connectivity index (χ1) is 9.67. The average molecular weight is 346 g/mol. The van der Waals surface area contributed by atoms with E-state index in [-0.39, 0.29) is 12.6 Å². The van der Waals surface area contributed by atoms with Crippen LogP contribution in [0.5, 0.6) is 11.5 Å². The number of rotatable bonds is 9. The van der Waals surface area contributed by atoms with Gasteiger partial charge in [0.1, 0.15) is 0 Å². The van der Waals surface area contributed by atoms with E-state index in [1.54, 1.807) is 7.11 Å². The van der Waals surface area contributed by atoms with Crippen LogP contribution in [0.2, 0.25) is 0 Å². The van der Waals surface area contributed by atoms with Gasteiger partial charge >= 0.3 is 0 Å². The molecule has 5 heteroatoms. The van der Waals surface area contributed by atoms with Crippen molar-refractivity contribution in [2.45, 2.75) is 39.3 Å². The van der Waals surface area contributed by atoms with Gasteiger partial charge in [-0.15, -0.1) is 0 Å². The molecule has 20 heavy (non-hydrogen) atoms. The summed E-state index contributed by atoms with van der Waals surface area (Å²) < 4.78 is 12.2. The number of ether oxygens (including phenoxy) is 2. The molecule has 0 radical (unpaired) electrons. The molecule has 0 saturated heterocycles. The van der Waals surface area contributed by atoms with Crippen molar-refractivity contribution in [1.29, 1.82) is 0 Å². The summed E-state index contributed by atoms with van der Waals surface area (Å²) in [6, 6.07) is 3.93. The highest BCUT2D eigenvalue weighted by atomic mass is 79.9. The first-order valence-electron chi connectivity index (χ1n) is 7.00. The van der Waals surface area contributed by atoms with Crippen molar-refractivity contribution in [1.82, 2.24) is 5.32 Å². The second-order valence-electron chi connectivity index (χ2n) is 4.57. The summed E-state index contributed by atoms with van der Waals surface area (Å²) in [6.07, 6.45) is 1.82. The fourth-order valence-corrected chi connectivity index (χ4v) is 2.31. The van der Waals surface area contributed by atoms with Crippen LogP contribution in [0.4, 0.5) is 0 Å². The third-order valence-electron chi connectivity index (χ3n) is 3.12. The van der Waals surface area contributed by atoms with Gasteiger partial charge in [0.2, 0.25) is 0 Å². The number of hydrogen-bond donors (Lipinski definition) is 2. The van der Waals surface area contributed by atoms with Gasteiger partial charge in [-0.2, -0.15) is 0 Å². The third-order valence-corrected chi connectivity index (χ3v) is 3.86. The lowest BCUT2D eigenvalue weighted by Gasteiger charge is -2.19. The van der Waals surface area contributed by atoms with Gasteiger partial charge in [-0.25, -0.2) is 0 Å². The second-order valence-corrected chi connectivity index (χ2v) is 5.43. The largest absolute Gasteiger partial charge is 0.493 e. The summed E-state index contributed by atoms with van der Waals surface area (Å²) in [7, 11) is 1.64. The van der Waals surface area contributed by atoms with Gasteiger partial charge in [-0.3, -0.25) is 0 Å². The normalized spacial score (nSPS) is 12.2. The Bertz CT molecular complexity index is 408. The lowest BCUT2D eigenvalue weighted by atomic mass is 10.1. The molecular formula is C15H24BrNO3. The summed E-state index contributed by atoms with van der Waals surface area (Å²) >= 11 is 3.56. The van der Waals surface area contributed by atoms with Crippen molar-refractivity contribution in [3.8, 4) is 11.5 Å². The van der Waals surface area contributed by atoms with E-state index >= 15 is 0 Å². The number of methoxy groups -OCH3 is 1. The molecule has 1 aromatic carbocycles. The summed E-state index contributed by atoms with van der Waals surface area (Å²) in [5, 5.41) is 12.6. The summed E-state index contributed by atoms with van der Waals surface area (Å²) in [5.74, 6) is 1.50. The molecule has 0 aliphatic rings. The SMILES string of the molecule is CCCOc1c(OC)ccc(Br)c1CNC(CC)CO. The maximum atomic E-state index is 9.25.